The first-order chi connectivity index (χ1) is 10.9. The highest BCUT2D eigenvalue weighted by molar-refractivity contribution is 4.76. The van der Waals surface area contributed by atoms with E-state index in [1.54, 1.807) is 0 Å². The van der Waals surface area contributed by atoms with Crippen molar-refractivity contribution < 1.29 is 0 Å². The SMILES string of the molecule is C1CC(CCN2CCN(CCC3CCNCC3)CC2)CCN1. The zero-order chi connectivity index (χ0) is 15.0. The van der Waals surface area contributed by atoms with Gasteiger partial charge in [0.15, 0.2) is 0 Å². The summed E-state index contributed by atoms with van der Waals surface area (Å²) in [5, 5.41) is 6.95. The molecule has 0 bridgehead atoms. The van der Waals surface area contributed by atoms with E-state index in [1.165, 1.54) is 104 Å². The van der Waals surface area contributed by atoms with Gasteiger partial charge in [-0.15, -0.1) is 0 Å². The second-order valence-electron chi connectivity index (χ2n) is 7.65. The van der Waals surface area contributed by atoms with Crippen molar-refractivity contribution in [1.82, 2.24) is 20.4 Å². The Hall–Kier alpha value is -0.160. The smallest absolute Gasteiger partial charge is 0.0110 e. The minimum Gasteiger partial charge on any atom is -0.317 e. The summed E-state index contributed by atoms with van der Waals surface area (Å²) in [6.45, 7) is 12.9. The molecule has 0 atom stereocenters. The molecule has 0 aliphatic carbocycles. The minimum atomic E-state index is 0.985. The molecule has 4 nitrogen and oxygen atoms in total. The van der Waals surface area contributed by atoms with E-state index in [0.717, 1.165) is 11.8 Å². The Morgan fingerprint density at radius 3 is 1.32 bits per heavy atom. The fraction of sp³-hybridized carbons (Fsp3) is 1.00. The van der Waals surface area contributed by atoms with Crippen molar-refractivity contribution in [2.45, 2.75) is 38.5 Å². The lowest BCUT2D eigenvalue weighted by molar-refractivity contribution is 0.117. The minimum absolute atomic E-state index is 0.985. The number of hydrogen-bond acceptors (Lipinski definition) is 4. The van der Waals surface area contributed by atoms with Crippen LogP contribution in [0.1, 0.15) is 38.5 Å². The fourth-order valence-corrected chi connectivity index (χ4v) is 4.31. The lowest BCUT2D eigenvalue weighted by Crippen LogP contribution is -2.47. The van der Waals surface area contributed by atoms with E-state index in [2.05, 4.69) is 20.4 Å². The van der Waals surface area contributed by atoms with Gasteiger partial charge < -0.3 is 20.4 Å². The second-order valence-corrected chi connectivity index (χ2v) is 7.65. The van der Waals surface area contributed by atoms with E-state index in [-0.39, 0.29) is 0 Å². The molecule has 3 aliphatic rings. The third-order valence-corrected chi connectivity index (χ3v) is 6.09. The van der Waals surface area contributed by atoms with Crippen LogP contribution in [0, 0.1) is 11.8 Å². The molecule has 0 spiro atoms. The van der Waals surface area contributed by atoms with Gasteiger partial charge in [0.05, 0.1) is 0 Å². The zero-order valence-electron chi connectivity index (χ0n) is 14.4. The number of piperidine rings is 2. The monoisotopic (exact) mass is 308 g/mol. The molecule has 4 heteroatoms. The van der Waals surface area contributed by atoms with Gasteiger partial charge in [-0.05, 0) is 89.6 Å². The van der Waals surface area contributed by atoms with Crippen LogP contribution in [0.25, 0.3) is 0 Å². The molecular weight excluding hydrogens is 272 g/mol. The summed E-state index contributed by atoms with van der Waals surface area (Å²) in [7, 11) is 0. The lowest BCUT2D eigenvalue weighted by atomic mass is 9.94. The Bertz CT molecular complexity index is 259. The highest BCUT2D eigenvalue weighted by atomic mass is 15.3. The van der Waals surface area contributed by atoms with Gasteiger partial charge in [-0.3, -0.25) is 0 Å². The molecule has 3 rings (SSSR count). The third kappa shape index (κ3) is 5.48. The first-order valence-corrected chi connectivity index (χ1v) is 9.76. The summed E-state index contributed by atoms with van der Waals surface area (Å²) in [5.74, 6) is 1.97. The Kier molecular flexibility index (Phi) is 6.99. The summed E-state index contributed by atoms with van der Waals surface area (Å²) in [6.07, 6.45) is 8.45. The van der Waals surface area contributed by atoms with Crippen molar-refractivity contribution in [2.24, 2.45) is 11.8 Å². The van der Waals surface area contributed by atoms with E-state index >= 15 is 0 Å². The van der Waals surface area contributed by atoms with E-state index in [0.29, 0.717) is 0 Å². The van der Waals surface area contributed by atoms with Gasteiger partial charge in [-0.25, -0.2) is 0 Å². The highest BCUT2D eigenvalue weighted by Crippen LogP contribution is 2.18. The Morgan fingerprint density at radius 2 is 0.955 bits per heavy atom. The van der Waals surface area contributed by atoms with Gasteiger partial charge in [-0.1, -0.05) is 0 Å². The van der Waals surface area contributed by atoms with Gasteiger partial charge in [0.2, 0.25) is 0 Å². The second kappa shape index (κ2) is 9.21. The molecule has 0 radical (unpaired) electrons. The average molecular weight is 309 g/mol. The summed E-state index contributed by atoms with van der Waals surface area (Å²) in [4.78, 5) is 5.42. The Labute approximate surface area is 137 Å². The van der Waals surface area contributed by atoms with Crippen LogP contribution >= 0.6 is 0 Å². The van der Waals surface area contributed by atoms with Crippen molar-refractivity contribution in [3.63, 3.8) is 0 Å². The standard InChI is InChI=1S/C18H36N4/c1-7-19-8-2-17(1)5-11-21-13-15-22(16-14-21)12-6-18-3-9-20-10-4-18/h17-20H,1-16H2. The van der Waals surface area contributed by atoms with Crippen molar-refractivity contribution >= 4 is 0 Å². The first-order valence-electron chi connectivity index (χ1n) is 9.76. The molecule has 0 aromatic heterocycles. The van der Waals surface area contributed by atoms with Crippen LogP contribution in [0.15, 0.2) is 0 Å². The molecule has 0 amide bonds. The summed E-state index contributed by atoms with van der Waals surface area (Å²) < 4.78 is 0. The summed E-state index contributed by atoms with van der Waals surface area (Å²) in [6, 6.07) is 0. The van der Waals surface area contributed by atoms with Crippen LogP contribution in [0.4, 0.5) is 0 Å². The van der Waals surface area contributed by atoms with E-state index in [4.69, 9.17) is 0 Å². The molecule has 3 heterocycles. The zero-order valence-corrected chi connectivity index (χ0v) is 14.4. The number of hydrogen-bond donors (Lipinski definition) is 2. The van der Waals surface area contributed by atoms with E-state index in [1.807, 2.05) is 0 Å². The number of piperazine rings is 1. The molecule has 3 fully saturated rings. The van der Waals surface area contributed by atoms with Crippen molar-refractivity contribution in [1.29, 1.82) is 0 Å². The van der Waals surface area contributed by atoms with Crippen LogP contribution in [-0.2, 0) is 0 Å². The van der Waals surface area contributed by atoms with Crippen LogP contribution in [0.2, 0.25) is 0 Å². The van der Waals surface area contributed by atoms with Gasteiger partial charge in [-0.2, -0.15) is 0 Å². The first kappa shape index (κ1) is 16.7. The maximum atomic E-state index is 3.48. The molecule has 2 N–H and O–H groups in total. The molecule has 3 saturated heterocycles. The Morgan fingerprint density at radius 1 is 0.591 bits per heavy atom. The van der Waals surface area contributed by atoms with E-state index in [9.17, 15) is 0 Å². The number of nitrogens with one attached hydrogen (secondary N) is 2. The van der Waals surface area contributed by atoms with Crippen LogP contribution in [-0.4, -0.2) is 75.2 Å². The van der Waals surface area contributed by atoms with Crippen LogP contribution in [0.5, 0.6) is 0 Å². The van der Waals surface area contributed by atoms with Gasteiger partial charge >= 0.3 is 0 Å². The third-order valence-electron chi connectivity index (χ3n) is 6.09. The Balaban J connectivity index is 1.25. The fourth-order valence-electron chi connectivity index (χ4n) is 4.31. The quantitative estimate of drug-likeness (QED) is 0.776. The van der Waals surface area contributed by atoms with Gasteiger partial charge in [0.25, 0.3) is 0 Å². The summed E-state index contributed by atoms with van der Waals surface area (Å²) in [5.41, 5.74) is 0. The van der Waals surface area contributed by atoms with Crippen molar-refractivity contribution in [2.75, 3.05) is 65.4 Å². The van der Waals surface area contributed by atoms with Crippen LogP contribution in [0.3, 0.4) is 0 Å². The summed E-state index contributed by atoms with van der Waals surface area (Å²) >= 11 is 0. The largest absolute Gasteiger partial charge is 0.317 e. The molecule has 3 aliphatic heterocycles. The molecule has 0 saturated carbocycles. The molecule has 0 unspecified atom stereocenters. The van der Waals surface area contributed by atoms with Crippen LogP contribution < -0.4 is 10.6 Å². The predicted molar refractivity (Wildman–Crippen MR) is 93.3 cm³/mol. The van der Waals surface area contributed by atoms with Gasteiger partial charge in [0.1, 0.15) is 0 Å². The lowest BCUT2D eigenvalue weighted by Gasteiger charge is -2.36. The number of nitrogens with zero attached hydrogens (tertiary/aromatic N) is 2. The van der Waals surface area contributed by atoms with Crippen molar-refractivity contribution in [3.05, 3.63) is 0 Å². The molecule has 0 aromatic carbocycles. The maximum absolute atomic E-state index is 3.48. The highest BCUT2D eigenvalue weighted by Gasteiger charge is 2.20. The van der Waals surface area contributed by atoms with E-state index < -0.39 is 0 Å². The molecule has 0 aromatic rings. The molecule has 128 valence electrons. The van der Waals surface area contributed by atoms with Gasteiger partial charge in [0, 0.05) is 26.2 Å². The predicted octanol–water partition coefficient (Wildman–Crippen LogP) is 1.38. The maximum Gasteiger partial charge on any atom is 0.0110 e. The normalized spacial score (nSPS) is 27.3. The topological polar surface area (TPSA) is 30.5 Å². The molecule has 22 heavy (non-hydrogen) atoms. The number of rotatable bonds is 6. The average Bonchev–Trinajstić information content (AvgIpc) is 2.61. The molecular formula is C18H36N4. The van der Waals surface area contributed by atoms with Crippen molar-refractivity contribution in [3.8, 4) is 0 Å².